The van der Waals surface area contributed by atoms with Gasteiger partial charge in [0.15, 0.2) is 0 Å². The maximum atomic E-state index is 12.0. The zero-order valence-electron chi connectivity index (χ0n) is 15.9. The number of aliphatic carboxylic acids is 1. The van der Waals surface area contributed by atoms with Crippen LogP contribution in [0.25, 0.3) is 0 Å². The van der Waals surface area contributed by atoms with Gasteiger partial charge in [0.2, 0.25) is 5.91 Å². The summed E-state index contributed by atoms with van der Waals surface area (Å²) in [6, 6.07) is 8.23. The second kappa shape index (κ2) is 11.2. The number of carbonyl (C=O) groups is 3. The van der Waals surface area contributed by atoms with Crippen LogP contribution in [0.1, 0.15) is 29.9 Å². The summed E-state index contributed by atoms with van der Waals surface area (Å²) in [5.41, 5.74) is 8.27. The Hall–Kier alpha value is -2.82. The molecule has 1 aromatic rings. The fraction of sp³-hybridized carbons (Fsp3) is 0.500. The van der Waals surface area contributed by atoms with Gasteiger partial charge in [0.25, 0.3) is 0 Å². The minimum Gasteiger partial charge on any atom is -0.475 e. The molecule has 1 aliphatic rings. The lowest BCUT2D eigenvalue weighted by atomic mass is 9.86. The molecule has 1 heterocycles. The van der Waals surface area contributed by atoms with E-state index in [1.54, 1.807) is 4.90 Å². The molecule has 1 saturated heterocycles. The van der Waals surface area contributed by atoms with Crippen LogP contribution < -0.4 is 11.1 Å². The van der Waals surface area contributed by atoms with E-state index in [4.69, 9.17) is 15.6 Å². The van der Waals surface area contributed by atoms with Crippen molar-refractivity contribution in [1.82, 2.24) is 10.2 Å². The second-order valence-corrected chi connectivity index (χ2v) is 6.21. The molecular weight excluding hydrogens is 395 g/mol. The highest BCUT2D eigenvalue weighted by Crippen LogP contribution is 2.30. The second-order valence-electron chi connectivity index (χ2n) is 6.21. The number of carboxylic acid groups (broad SMARTS) is 1. The number of ether oxygens (including phenoxy) is 1. The van der Waals surface area contributed by atoms with Crippen LogP contribution in [0.3, 0.4) is 0 Å². The number of nitrogens with zero attached hydrogens (tertiary/aromatic N) is 1. The summed E-state index contributed by atoms with van der Waals surface area (Å²) in [5, 5.41) is 9.55. The summed E-state index contributed by atoms with van der Waals surface area (Å²) < 4.78 is 36.2. The number of carboxylic acids is 1. The monoisotopic (exact) mass is 419 g/mol. The largest absolute Gasteiger partial charge is 0.490 e. The van der Waals surface area contributed by atoms with E-state index in [9.17, 15) is 22.8 Å². The predicted octanol–water partition coefficient (Wildman–Crippen LogP) is 1.84. The van der Waals surface area contributed by atoms with Crippen molar-refractivity contribution in [2.24, 2.45) is 5.73 Å². The lowest BCUT2D eigenvalue weighted by Crippen LogP contribution is -2.43. The molecule has 29 heavy (non-hydrogen) atoms. The van der Waals surface area contributed by atoms with Crippen LogP contribution in [0, 0.1) is 0 Å². The average molecular weight is 419 g/mol. The number of likely N-dealkylation sites (tertiary alicyclic amines) is 1. The Labute approximate surface area is 165 Å². The van der Waals surface area contributed by atoms with E-state index >= 15 is 0 Å². The Morgan fingerprint density at radius 1 is 1.24 bits per heavy atom. The number of nitrogens with one attached hydrogen (secondary N) is 1. The number of amides is 2. The summed E-state index contributed by atoms with van der Waals surface area (Å²) in [5.74, 6) is -2.39. The zero-order chi connectivity index (χ0) is 22.0. The molecule has 0 aromatic heterocycles. The first kappa shape index (κ1) is 24.2. The number of rotatable bonds is 4. The molecule has 0 atom stereocenters. The van der Waals surface area contributed by atoms with E-state index in [-0.39, 0.29) is 12.5 Å². The minimum absolute atomic E-state index is 0.0171. The molecule has 0 spiro atoms. The SMILES string of the molecule is COC(=O)NCC(=O)N1CCC(c2ccccc2CN)CC1.O=C(O)C(F)(F)F. The molecule has 0 saturated carbocycles. The predicted molar refractivity (Wildman–Crippen MR) is 97.0 cm³/mol. The number of methoxy groups -OCH3 is 1. The topological polar surface area (TPSA) is 122 Å². The smallest absolute Gasteiger partial charge is 0.475 e. The van der Waals surface area contributed by atoms with E-state index < -0.39 is 18.2 Å². The van der Waals surface area contributed by atoms with Crippen LogP contribution >= 0.6 is 0 Å². The fourth-order valence-corrected chi connectivity index (χ4v) is 2.89. The quantitative estimate of drug-likeness (QED) is 0.685. The van der Waals surface area contributed by atoms with E-state index in [2.05, 4.69) is 22.2 Å². The number of benzene rings is 1. The van der Waals surface area contributed by atoms with Crippen LogP contribution in [0.15, 0.2) is 24.3 Å². The number of alkyl carbamates (subject to hydrolysis) is 1. The van der Waals surface area contributed by atoms with Crippen molar-refractivity contribution in [2.75, 3.05) is 26.7 Å². The summed E-state index contributed by atoms with van der Waals surface area (Å²) in [6.07, 6.45) is -3.83. The first-order chi connectivity index (χ1) is 13.6. The first-order valence-electron chi connectivity index (χ1n) is 8.77. The van der Waals surface area contributed by atoms with Crippen molar-refractivity contribution in [3.8, 4) is 0 Å². The number of hydrogen-bond acceptors (Lipinski definition) is 5. The number of piperidine rings is 1. The first-order valence-corrected chi connectivity index (χ1v) is 8.77. The summed E-state index contributed by atoms with van der Waals surface area (Å²) in [6.45, 7) is 1.92. The standard InChI is InChI=1S/C16H23N3O3.C2HF3O2/c1-22-16(21)18-11-15(20)19-8-6-12(7-9-19)14-5-3-2-4-13(14)10-17;3-2(4,5)1(6)7/h2-5,12H,6-11,17H2,1H3,(H,18,21);(H,6,7). The van der Waals surface area contributed by atoms with Gasteiger partial charge in [-0.1, -0.05) is 24.3 Å². The molecule has 8 nitrogen and oxygen atoms in total. The summed E-state index contributed by atoms with van der Waals surface area (Å²) in [7, 11) is 1.28. The van der Waals surface area contributed by atoms with Crippen molar-refractivity contribution in [3.05, 3.63) is 35.4 Å². The molecule has 2 rings (SSSR count). The highest BCUT2D eigenvalue weighted by molar-refractivity contribution is 5.82. The van der Waals surface area contributed by atoms with Gasteiger partial charge in [-0.2, -0.15) is 13.2 Å². The van der Waals surface area contributed by atoms with E-state index in [0.717, 1.165) is 12.8 Å². The average Bonchev–Trinajstić information content (AvgIpc) is 2.71. The molecule has 0 aliphatic carbocycles. The van der Waals surface area contributed by atoms with E-state index in [1.807, 2.05) is 12.1 Å². The van der Waals surface area contributed by atoms with E-state index in [1.165, 1.54) is 18.2 Å². The van der Waals surface area contributed by atoms with Gasteiger partial charge < -0.3 is 25.8 Å². The Bertz CT molecular complexity index is 704. The third-order valence-corrected chi connectivity index (χ3v) is 4.37. The van der Waals surface area contributed by atoms with Crippen LogP contribution in [0.4, 0.5) is 18.0 Å². The molecule has 162 valence electrons. The Balaban J connectivity index is 0.000000516. The molecule has 1 fully saturated rings. The zero-order valence-corrected chi connectivity index (χ0v) is 15.9. The number of halogens is 3. The van der Waals surface area contributed by atoms with Gasteiger partial charge in [0, 0.05) is 19.6 Å². The molecule has 0 unspecified atom stereocenters. The van der Waals surface area contributed by atoms with Crippen molar-refractivity contribution in [1.29, 1.82) is 0 Å². The molecular formula is C18H24F3N3O5. The number of carbonyl (C=O) groups excluding carboxylic acids is 2. The molecule has 1 aromatic carbocycles. The molecule has 0 radical (unpaired) electrons. The normalized spacial score (nSPS) is 14.4. The summed E-state index contributed by atoms with van der Waals surface area (Å²) >= 11 is 0. The third kappa shape index (κ3) is 7.98. The maximum Gasteiger partial charge on any atom is 0.490 e. The van der Waals surface area contributed by atoms with Crippen LogP contribution in [-0.2, 0) is 20.9 Å². The van der Waals surface area contributed by atoms with Gasteiger partial charge in [-0.25, -0.2) is 9.59 Å². The fourth-order valence-electron chi connectivity index (χ4n) is 2.89. The number of alkyl halides is 3. The molecule has 11 heteroatoms. The van der Waals surface area contributed by atoms with Gasteiger partial charge in [0.1, 0.15) is 6.54 Å². The van der Waals surface area contributed by atoms with Crippen LogP contribution in [0.5, 0.6) is 0 Å². The highest BCUT2D eigenvalue weighted by Gasteiger charge is 2.38. The lowest BCUT2D eigenvalue weighted by molar-refractivity contribution is -0.192. The van der Waals surface area contributed by atoms with E-state index in [0.29, 0.717) is 25.6 Å². The number of hydrogen-bond donors (Lipinski definition) is 3. The van der Waals surface area contributed by atoms with Crippen molar-refractivity contribution in [3.63, 3.8) is 0 Å². The Kier molecular flexibility index (Phi) is 9.39. The molecule has 0 bridgehead atoms. The van der Waals surface area contributed by atoms with Crippen molar-refractivity contribution < 1.29 is 37.4 Å². The van der Waals surface area contributed by atoms with Crippen LogP contribution in [-0.4, -0.2) is 60.9 Å². The van der Waals surface area contributed by atoms with Gasteiger partial charge in [-0.15, -0.1) is 0 Å². The Morgan fingerprint density at radius 3 is 2.28 bits per heavy atom. The van der Waals surface area contributed by atoms with Gasteiger partial charge in [-0.05, 0) is 29.9 Å². The summed E-state index contributed by atoms with van der Waals surface area (Å²) in [4.78, 5) is 33.7. The van der Waals surface area contributed by atoms with Gasteiger partial charge in [0.05, 0.1) is 7.11 Å². The molecule has 2 amide bonds. The highest BCUT2D eigenvalue weighted by atomic mass is 19.4. The lowest BCUT2D eigenvalue weighted by Gasteiger charge is -2.33. The van der Waals surface area contributed by atoms with Crippen molar-refractivity contribution in [2.45, 2.75) is 31.5 Å². The third-order valence-electron chi connectivity index (χ3n) is 4.37. The van der Waals surface area contributed by atoms with Gasteiger partial charge in [-0.3, -0.25) is 4.79 Å². The molecule has 1 aliphatic heterocycles. The maximum absolute atomic E-state index is 12.0. The molecule has 4 N–H and O–H groups in total. The van der Waals surface area contributed by atoms with Gasteiger partial charge >= 0.3 is 18.2 Å². The Morgan fingerprint density at radius 2 is 1.79 bits per heavy atom. The number of nitrogens with two attached hydrogens (primary N) is 1. The van der Waals surface area contributed by atoms with Crippen LogP contribution in [0.2, 0.25) is 0 Å². The minimum atomic E-state index is -5.08. The van der Waals surface area contributed by atoms with Crippen molar-refractivity contribution >= 4 is 18.0 Å².